The average Bonchev–Trinajstić information content (AvgIpc) is 2.10. The first kappa shape index (κ1) is 15.0. The third kappa shape index (κ3) is 5.58. The summed E-state index contributed by atoms with van der Waals surface area (Å²) in [7, 11) is 0. The van der Waals surface area contributed by atoms with Gasteiger partial charge in [-0.3, -0.25) is 0 Å². The summed E-state index contributed by atoms with van der Waals surface area (Å²) in [5.41, 5.74) is 0. The Labute approximate surface area is 97.8 Å². The molecule has 0 rings (SSSR count). The SMILES string of the molecule is CCC(C(C)C)C(CCC(C)C)C(C)C. The molecule has 0 bridgehead atoms. The van der Waals surface area contributed by atoms with Crippen LogP contribution in [0.25, 0.3) is 0 Å². The van der Waals surface area contributed by atoms with E-state index in [2.05, 4.69) is 48.5 Å². The lowest BCUT2D eigenvalue weighted by molar-refractivity contribution is 0.170. The Kier molecular flexibility index (Phi) is 7.30. The standard InChI is InChI=1S/C15H32/c1-8-14(12(4)5)15(13(6)7)10-9-11(2)3/h11-15H,8-10H2,1-7H3. The van der Waals surface area contributed by atoms with E-state index >= 15 is 0 Å². The summed E-state index contributed by atoms with van der Waals surface area (Å²) in [6.07, 6.45) is 4.16. The van der Waals surface area contributed by atoms with Gasteiger partial charge in [-0.05, 0) is 36.0 Å². The Morgan fingerprint density at radius 3 is 1.40 bits per heavy atom. The Morgan fingerprint density at radius 1 is 0.667 bits per heavy atom. The summed E-state index contributed by atoms with van der Waals surface area (Å²) in [5.74, 6) is 4.39. The topological polar surface area (TPSA) is 0 Å². The van der Waals surface area contributed by atoms with Gasteiger partial charge < -0.3 is 0 Å². The van der Waals surface area contributed by atoms with Crippen LogP contribution < -0.4 is 0 Å². The van der Waals surface area contributed by atoms with Crippen molar-refractivity contribution in [2.24, 2.45) is 29.6 Å². The maximum absolute atomic E-state index is 2.40. The van der Waals surface area contributed by atoms with Crippen molar-refractivity contribution in [3.05, 3.63) is 0 Å². The van der Waals surface area contributed by atoms with E-state index in [0.29, 0.717) is 0 Å². The van der Waals surface area contributed by atoms with Gasteiger partial charge in [-0.25, -0.2) is 0 Å². The van der Waals surface area contributed by atoms with Crippen LogP contribution >= 0.6 is 0 Å². The van der Waals surface area contributed by atoms with Crippen molar-refractivity contribution in [1.82, 2.24) is 0 Å². The van der Waals surface area contributed by atoms with Gasteiger partial charge in [-0.2, -0.15) is 0 Å². The van der Waals surface area contributed by atoms with Crippen LogP contribution in [0.5, 0.6) is 0 Å². The molecular formula is C15H32. The van der Waals surface area contributed by atoms with E-state index in [0.717, 1.165) is 29.6 Å². The molecule has 0 fully saturated rings. The maximum atomic E-state index is 2.40. The molecule has 15 heavy (non-hydrogen) atoms. The first-order valence-corrected chi connectivity index (χ1v) is 6.90. The van der Waals surface area contributed by atoms with Crippen LogP contribution in [0.15, 0.2) is 0 Å². The molecule has 0 amide bonds. The zero-order valence-corrected chi connectivity index (χ0v) is 12.0. The van der Waals surface area contributed by atoms with Gasteiger partial charge in [0.2, 0.25) is 0 Å². The fourth-order valence-corrected chi connectivity index (χ4v) is 2.84. The molecule has 0 heterocycles. The van der Waals surface area contributed by atoms with Crippen LogP contribution in [0, 0.1) is 29.6 Å². The molecule has 0 aromatic heterocycles. The van der Waals surface area contributed by atoms with Crippen molar-refractivity contribution in [2.75, 3.05) is 0 Å². The second kappa shape index (κ2) is 7.30. The van der Waals surface area contributed by atoms with Gasteiger partial charge in [-0.1, -0.05) is 61.3 Å². The second-order valence-corrected chi connectivity index (χ2v) is 6.20. The van der Waals surface area contributed by atoms with E-state index in [1.165, 1.54) is 19.3 Å². The zero-order valence-electron chi connectivity index (χ0n) is 12.0. The first-order valence-electron chi connectivity index (χ1n) is 6.90. The first-order chi connectivity index (χ1) is 6.90. The van der Waals surface area contributed by atoms with Crippen molar-refractivity contribution in [2.45, 2.75) is 67.7 Å². The molecule has 0 saturated carbocycles. The highest BCUT2D eigenvalue weighted by Crippen LogP contribution is 2.34. The van der Waals surface area contributed by atoms with Crippen LogP contribution in [0.4, 0.5) is 0 Å². The van der Waals surface area contributed by atoms with Crippen LogP contribution in [-0.2, 0) is 0 Å². The Balaban J connectivity index is 4.35. The molecule has 0 heteroatoms. The van der Waals surface area contributed by atoms with E-state index in [1.807, 2.05) is 0 Å². The third-order valence-electron chi connectivity index (χ3n) is 3.81. The van der Waals surface area contributed by atoms with Crippen molar-refractivity contribution in [1.29, 1.82) is 0 Å². The molecule has 2 atom stereocenters. The number of hydrogen-bond donors (Lipinski definition) is 0. The maximum Gasteiger partial charge on any atom is -0.0360 e. The minimum absolute atomic E-state index is 0.842. The fourth-order valence-electron chi connectivity index (χ4n) is 2.84. The number of hydrogen-bond acceptors (Lipinski definition) is 0. The molecule has 0 aromatic carbocycles. The Morgan fingerprint density at radius 2 is 1.13 bits per heavy atom. The Hall–Kier alpha value is 0. The van der Waals surface area contributed by atoms with Crippen LogP contribution in [0.1, 0.15) is 67.7 Å². The van der Waals surface area contributed by atoms with Crippen molar-refractivity contribution < 1.29 is 0 Å². The zero-order chi connectivity index (χ0) is 12.0. The molecular weight excluding hydrogens is 180 g/mol. The summed E-state index contributed by atoms with van der Waals surface area (Å²) in [5, 5.41) is 0. The molecule has 0 aliphatic rings. The lowest BCUT2D eigenvalue weighted by Gasteiger charge is -2.33. The molecule has 0 aromatic rings. The minimum Gasteiger partial charge on any atom is -0.0651 e. The molecule has 0 aliphatic heterocycles. The van der Waals surface area contributed by atoms with Crippen molar-refractivity contribution >= 4 is 0 Å². The minimum atomic E-state index is 0.842. The average molecular weight is 212 g/mol. The predicted molar refractivity (Wildman–Crippen MR) is 71.0 cm³/mol. The monoisotopic (exact) mass is 212 g/mol. The van der Waals surface area contributed by atoms with Crippen molar-refractivity contribution in [3.63, 3.8) is 0 Å². The summed E-state index contributed by atoms with van der Waals surface area (Å²) in [4.78, 5) is 0. The van der Waals surface area contributed by atoms with Gasteiger partial charge in [0.1, 0.15) is 0 Å². The molecule has 0 radical (unpaired) electrons. The highest BCUT2D eigenvalue weighted by molar-refractivity contribution is 4.75. The summed E-state index contributed by atoms with van der Waals surface area (Å²) >= 11 is 0. The molecule has 92 valence electrons. The lowest BCUT2D eigenvalue weighted by Crippen LogP contribution is -2.24. The molecule has 0 N–H and O–H groups in total. The second-order valence-electron chi connectivity index (χ2n) is 6.20. The van der Waals surface area contributed by atoms with Gasteiger partial charge in [0.25, 0.3) is 0 Å². The van der Waals surface area contributed by atoms with Crippen LogP contribution in [0.3, 0.4) is 0 Å². The quantitative estimate of drug-likeness (QED) is 0.531. The van der Waals surface area contributed by atoms with E-state index in [4.69, 9.17) is 0 Å². The molecule has 0 nitrogen and oxygen atoms in total. The van der Waals surface area contributed by atoms with Gasteiger partial charge in [0.15, 0.2) is 0 Å². The molecule has 0 spiro atoms. The normalized spacial score (nSPS) is 16.4. The van der Waals surface area contributed by atoms with E-state index in [1.54, 1.807) is 0 Å². The predicted octanol–water partition coefficient (Wildman–Crippen LogP) is 5.38. The van der Waals surface area contributed by atoms with E-state index in [-0.39, 0.29) is 0 Å². The highest BCUT2D eigenvalue weighted by Gasteiger charge is 2.25. The smallest absolute Gasteiger partial charge is 0.0360 e. The molecule has 0 saturated heterocycles. The summed E-state index contributed by atoms with van der Waals surface area (Å²) in [6, 6.07) is 0. The largest absolute Gasteiger partial charge is 0.0651 e. The summed E-state index contributed by atoms with van der Waals surface area (Å²) in [6.45, 7) is 16.6. The van der Waals surface area contributed by atoms with Crippen LogP contribution in [0.2, 0.25) is 0 Å². The van der Waals surface area contributed by atoms with Gasteiger partial charge in [-0.15, -0.1) is 0 Å². The van der Waals surface area contributed by atoms with Gasteiger partial charge in [0.05, 0.1) is 0 Å². The highest BCUT2D eigenvalue weighted by atomic mass is 14.3. The molecule has 0 aliphatic carbocycles. The van der Waals surface area contributed by atoms with E-state index in [9.17, 15) is 0 Å². The van der Waals surface area contributed by atoms with Crippen LogP contribution in [-0.4, -0.2) is 0 Å². The van der Waals surface area contributed by atoms with E-state index < -0.39 is 0 Å². The Bertz CT molecular complexity index is 144. The number of rotatable bonds is 7. The van der Waals surface area contributed by atoms with Crippen molar-refractivity contribution in [3.8, 4) is 0 Å². The van der Waals surface area contributed by atoms with Gasteiger partial charge >= 0.3 is 0 Å². The fraction of sp³-hybridized carbons (Fsp3) is 1.00. The van der Waals surface area contributed by atoms with Gasteiger partial charge in [0, 0.05) is 0 Å². The third-order valence-corrected chi connectivity index (χ3v) is 3.81. The lowest BCUT2D eigenvalue weighted by atomic mass is 9.73. The summed E-state index contributed by atoms with van der Waals surface area (Å²) < 4.78 is 0. The molecule has 2 unspecified atom stereocenters.